The molecule has 0 unspecified atom stereocenters. The highest BCUT2D eigenvalue weighted by Crippen LogP contribution is 2.34. The lowest BCUT2D eigenvalue weighted by atomic mass is 10.1. The smallest absolute Gasteiger partial charge is 0.255 e. The van der Waals surface area contributed by atoms with Crippen molar-refractivity contribution in [2.75, 3.05) is 0 Å². The first-order valence-corrected chi connectivity index (χ1v) is 6.95. The second kappa shape index (κ2) is 3.52. The van der Waals surface area contributed by atoms with Crippen LogP contribution < -0.4 is 4.57 Å². The van der Waals surface area contributed by atoms with Crippen molar-refractivity contribution in [3.8, 4) is 11.4 Å². The van der Waals surface area contributed by atoms with E-state index in [4.69, 9.17) is 4.11 Å². The zero-order valence-electron chi connectivity index (χ0n) is 14.5. The minimum Gasteiger partial charge on any atom is -0.255 e. The number of fused-ring (bicyclic) bond motifs is 7. The van der Waals surface area contributed by atoms with E-state index in [9.17, 15) is 0 Å². The Morgan fingerprint density at radius 3 is 3.00 bits per heavy atom. The van der Waals surface area contributed by atoms with Gasteiger partial charge < -0.3 is 0 Å². The maximum absolute atomic E-state index is 8.02. The summed E-state index contributed by atoms with van der Waals surface area (Å²) in [6.07, 6.45) is 1.64. The van der Waals surface area contributed by atoms with Gasteiger partial charge in [-0.1, -0.05) is 18.2 Å². The number of benzene rings is 1. The molecule has 4 aromatic rings. The van der Waals surface area contributed by atoms with Crippen LogP contribution in [0.4, 0.5) is 0 Å². The Balaban J connectivity index is 2.02. The van der Waals surface area contributed by atoms with Gasteiger partial charge in [0.15, 0.2) is 5.52 Å². The molecule has 3 aromatic heterocycles. The van der Waals surface area contributed by atoms with Gasteiger partial charge in [0.05, 0.1) is 35.6 Å². The summed E-state index contributed by atoms with van der Waals surface area (Å²) in [6, 6.07) is 12.0. The SMILES string of the molecule is [2H]C([2H])([2H])n1c2ncccc2c2c1[n+]1c(n2C)-c2ccccc2C1. The van der Waals surface area contributed by atoms with Gasteiger partial charge in [-0.15, -0.1) is 0 Å². The van der Waals surface area contributed by atoms with Gasteiger partial charge in [0.25, 0.3) is 5.65 Å². The lowest BCUT2D eigenvalue weighted by Crippen LogP contribution is -2.33. The van der Waals surface area contributed by atoms with Crippen molar-refractivity contribution in [1.29, 1.82) is 0 Å². The molecule has 0 N–H and O–H groups in total. The van der Waals surface area contributed by atoms with Gasteiger partial charge in [0.2, 0.25) is 11.5 Å². The third kappa shape index (κ3) is 1.17. The molecule has 4 heteroatoms. The molecule has 0 amide bonds. The summed E-state index contributed by atoms with van der Waals surface area (Å²) in [5.41, 5.74) is 4.49. The number of rotatable bonds is 0. The summed E-state index contributed by atoms with van der Waals surface area (Å²) in [5.74, 6) is 1.04. The van der Waals surface area contributed by atoms with Gasteiger partial charge >= 0.3 is 0 Å². The van der Waals surface area contributed by atoms with Crippen LogP contribution in [0.1, 0.15) is 9.68 Å². The summed E-state index contributed by atoms with van der Waals surface area (Å²) in [4.78, 5) is 4.35. The molecule has 102 valence electrons. The lowest BCUT2D eigenvalue weighted by Gasteiger charge is -1.97. The zero-order chi connectivity index (χ0) is 16.6. The molecule has 0 bridgehead atoms. The van der Waals surface area contributed by atoms with E-state index in [1.807, 2.05) is 31.3 Å². The largest absolute Gasteiger partial charge is 0.271 e. The van der Waals surface area contributed by atoms with Crippen LogP contribution in [-0.4, -0.2) is 14.1 Å². The number of aromatic nitrogens is 4. The lowest BCUT2D eigenvalue weighted by molar-refractivity contribution is -0.648. The Labute approximate surface area is 126 Å². The summed E-state index contributed by atoms with van der Waals surface area (Å²) in [6.45, 7) is -1.61. The first kappa shape index (κ1) is 8.62. The molecule has 0 radical (unpaired) electrons. The van der Waals surface area contributed by atoms with Crippen molar-refractivity contribution in [2.45, 2.75) is 6.54 Å². The van der Waals surface area contributed by atoms with Crippen molar-refractivity contribution < 1.29 is 8.68 Å². The molecule has 4 heterocycles. The molecule has 0 aliphatic carbocycles. The first-order valence-electron chi connectivity index (χ1n) is 8.45. The van der Waals surface area contributed by atoms with Crippen LogP contribution in [0.3, 0.4) is 0 Å². The van der Waals surface area contributed by atoms with E-state index in [1.165, 1.54) is 10.1 Å². The van der Waals surface area contributed by atoms with Crippen molar-refractivity contribution >= 4 is 22.2 Å². The Kier molecular flexibility index (Phi) is 1.45. The number of pyridine rings is 1. The van der Waals surface area contributed by atoms with Crippen molar-refractivity contribution in [2.24, 2.45) is 14.0 Å². The van der Waals surface area contributed by atoms with Crippen molar-refractivity contribution in [3.63, 3.8) is 0 Å². The minimum atomic E-state index is -2.29. The minimum absolute atomic E-state index is 0.504. The Morgan fingerprint density at radius 2 is 2.10 bits per heavy atom. The summed E-state index contributed by atoms with van der Waals surface area (Å²) < 4.78 is 29.6. The zero-order valence-corrected chi connectivity index (χ0v) is 11.5. The molecular formula is C17H15N4+. The van der Waals surface area contributed by atoms with E-state index >= 15 is 0 Å². The molecule has 4 nitrogen and oxygen atoms in total. The Morgan fingerprint density at radius 1 is 1.19 bits per heavy atom. The van der Waals surface area contributed by atoms with Crippen molar-refractivity contribution in [3.05, 3.63) is 48.2 Å². The van der Waals surface area contributed by atoms with Crippen LogP contribution >= 0.6 is 0 Å². The molecule has 1 aromatic carbocycles. The van der Waals surface area contributed by atoms with Gasteiger partial charge in [-0.25, -0.2) is 14.1 Å². The number of aryl methyl sites for hydroxylation is 2. The van der Waals surface area contributed by atoms with Crippen LogP contribution in [0.5, 0.6) is 0 Å². The molecule has 0 saturated carbocycles. The van der Waals surface area contributed by atoms with Crippen LogP contribution in [0.2, 0.25) is 0 Å². The van der Waals surface area contributed by atoms with Crippen molar-refractivity contribution in [1.82, 2.24) is 14.1 Å². The van der Waals surface area contributed by atoms with Crippen LogP contribution in [0, 0.1) is 0 Å². The average molecular weight is 278 g/mol. The Bertz CT molecular complexity index is 1130. The van der Waals surface area contributed by atoms with Gasteiger partial charge in [-0.05, 0) is 18.2 Å². The molecule has 21 heavy (non-hydrogen) atoms. The van der Waals surface area contributed by atoms with E-state index in [1.54, 1.807) is 6.20 Å². The molecule has 0 atom stereocenters. The maximum Gasteiger partial charge on any atom is 0.271 e. The van der Waals surface area contributed by atoms with E-state index in [2.05, 4.69) is 26.3 Å². The highest BCUT2D eigenvalue weighted by atomic mass is 15.2. The predicted octanol–water partition coefficient (Wildman–Crippen LogP) is 2.38. The number of imidazole rings is 1. The predicted molar refractivity (Wildman–Crippen MR) is 81.9 cm³/mol. The van der Waals surface area contributed by atoms with E-state index in [0.717, 1.165) is 22.3 Å². The fourth-order valence-corrected chi connectivity index (χ4v) is 3.58. The maximum atomic E-state index is 8.02. The number of nitrogens with zero attached hydrogens (tertiary/aromatic N) is 4. The number of hydrogen-bond donors (Lipinski definition) is 0. The van der Waals surface area contributed by atoms with Crippen LogP contribution in [-0.2, 0) is 20.6 Å². The van der Waals surface area contributed by atoms with Gasteiger partial charge in [0, 0.05) is 11.8 Å². The highest BCUT2D eigenvalue weighted by molar-refractivity contribution is 6.03. The highest BCUT2D eigenvalue weighted by Gasteiger charge is 2.34. The monoisotopic (exact) mass is 278 g/mol. The molecular weight excluding hydrogens is 260 g/mol. The first-order chi connectivity index (χ1) is 11.5. The molecule has 1 aliphatic heterocycles. The topological polar surface area (TPSA) is 26.6 Å². The fourth-order valence-electron chi connectivity index (χ4n) is 3.58. The third-order valence-corrected chi connectivity index (χ3v) is 4.43. The quantitative estimate of drug-likeness (QED) is 0.399. The van der Waals surface area contributed by atoms with Crippen LogP contribution in [0.25, 0.3) is 33.6 Å². The molecule has 0 fully saturated rings. The van der Waals surface area contributed by atoms with E-state index in [-0.39, 0.29) is 0 Å². The standard InChI is InChI=1S/C17H15N4/c1-19-14-13-8-5-9-18-15(13)20(2)17(14)21-10-11-6-3-4-7-12(11)16(19)21/h3-9H,10H2,1-2H3/q+1/i2D3. The average Bonchev–Trinajstić information content (AvgIpc) is 3.16. The normalized spacial score (nSPS) is 15.8. The molecule has 0 spiro atoms. The molecule has 5 rings (SSSR count). The van der Waals surface area contributed by atoms with E-state index in [0.29, 0.717) is 17.8 Å². The summed E-state index contributed by atoms with van der Waals surface area (Å²) in [7, 11) is 1.99. The third-order valence-electron chi connectivity index (χ3n) is 4.43. The fraction of sp³-hybridized carbons (Fsp3) is 0.176. The van der Waals surface area contributed by atoms with Gasteiger partial charge in [-0.3, -0.25) is 4.57 Å². The summed E-state index contributed by atoms with van der Waals surface area (Å²) in [5, 5.41) is 0.866. The second-order valence-electron chi connectivity index (χ2n) is 5.51. The molecule has 1 aliphatic rings. The Hall–Kier alpha value is -2.62. The van der Waals surface area contributed by atoms with Gasteiger partial charge in [0.1, 0.15) is 0 Å². The second-order valence-corrected chi connectivity index (χ2v) is 5.51. The summed E-state index contributed by atoms with van der Waals surface area (Å²) >= 11 is 0. The van der Waals surface area contributed by atoms with E-state index < -0.39 is 6.98 Å². The van der Waals surface area contributed by atoms with Crippen LogP contribution in [0.15, 0.2) is 42.6 Å². The molecule has 0 saturated heterocycles. The number of hydrogen-bond acceptors (Lipinski definition) is 1. The van der Waals surface area contributed by atoms with Gasteiger partial charge in [-0.2, -0.15) is 0 Å².